The van der Waals surface area contributed by atoms with E-state index in [2.05, 4.69) is 42.1 Å². The van der Waals surface area contributed by atoms with Crippen LogP contribution in [0.4, 0.5) is 0 Å². The SMILES string of the molecule is C#CCCC(=O)N(C)[C@H]1CC[C@H](c2ccc(CN(C)CCCO)cc2)CC1. The molecule has 0 saturated heterocycles. The van der Waals surface area contributed by atoms with Crippen molar-refractivity contribution in [3.05, 3.63) is 35.4 Å². The first-order valence-corrected chi connectivity index (χ1v) is 10.1. The lowest BCUT2D eigenvalue weighted by Crippen LogP contribution is -2.39. The Kier molecular flexibility index (Phi) is 8.84. The first-order chi connectivity index (χ1) is 13.0. The van der Waals surface area contributed by atoms with E-state index < -0.39 is 0 Å². The van der Waals surface area contributed by atoms with Crippen molar-refractivity contribution < 1.29 is 9.90 Å². The number of hydrogen-bond donors (Lipinski definition) is 1. The van der Waals surface area contributed by atoms with Crippen molar-refractivity contribution in [1.82, 2.24) is 9.80 Å². The summed E-state index contributed by atoms with van der Waals surface area (Å²) in [5, 5.41) is 8.93. The molecule has 1 fully saturated rings. The van der Waals surface area contributed by atoms with Gasteiger partial charge >= 0.3 is 0 Å². The number of carbonyl (C=O) groups is 1. The molecule has 1 aromatic carbocycles. The van der Waals surface area contributed by atoms with Crippen LogP contribution in [-0.2, 0) is 11.3 Å². The fourth-order valence-electron chi connectivity index (χ4n) is 3.98. The molecule has 0 aromatic heterocycles. The molecule has 0 atom stereocenters. The number of nitrogens with zero attached hydrogens (tertiary/aromatic N) is 2. The molecule has 148 valence electrons. The Bertz CT molecular complexity index is 612. The Morgan fingerprint density at radius 3 is 2.44 bits per heavy atom. The van der Waals surface area contributed by atoms with Gasteiger partial charge in [-0.05, 0) is 56.2 Å². The second kappa shape index (κ2) is 11.1. The molecule has 27 heavy (non-hydrogen) atoms. The number of carbonyl (C=O) groups excluding carboxylic acids is 1. The highest BCUT2D eigenvalue weighted by Gasteiger charge is 2.26. The third kappa shape index (κ3) is 6.68. The van der Waals surface area contributed by atoms with Crippen LogP contribution in [0.5, 0.6) is 0 Å². The normalized spacial score (nSPS) is 19.7. The highest BCUT2D eigenvalue weighted by molar-refractivity contribution is 5.76. The van der Waals surface area contributed by atoms with Crippen molar-refractivity contribution in [1.29, 1.82) is 0 Å². The van der Waals surface area contributed by atoms with Crippen LogP contribution < -0.4 is 0 Å². The summed E-state index contributed by atoms with van der Waals surface area (Å²) in [6.45, 7) is 2.07. The van der Waals surface area contributed by atoms with Gasteiger partial charge in [-0.1, -0.05) is 24.3 Å². The van der Waals surface area contributed by atoms with Gasteiger partial charge in [0, 0.05) is 45.6 Å². The predicted octanol–water partition coefficient (Wildman–Crippen LogP) is 3.40. The number of benzene rings is 1. The van der Waals surface area contributed by atoms with Crippen molar-refractivity contribution in [3.8, 4) is 12.3 Å². The second-order valence-electron chi connectivity index (χ2n) is 7.77. The summed E-state index contributed by atoms with van der Waals surface area (Å²) in [6, 6.07) is 9.34. The number of aliphatic hydroxyl groups excluding tert-OH is 1. The number of amides is 1. The van der Waals surface area contributed by atoms with Crippen LogP contribution in [-0.4, -0.2) is 54.1 Å². The summed E-state index contributed by atoms with van der Waals surface area (Å²) in [5.41, 5.74) is 2.73. The molecule has 4 heteroatoms. The van der Waals surface area contributed by atoms with Gasteiger partial charge in [-0.2, -0.15) is 0 Å². The molecular formula is C23H34N2O2. The van der Waals surface area contributed by atoms with E-state index >= 15 is 0 Å². The minimum Gasteiger partial charge on any atom is -0.396 e. The highest BCUT2D eigenvalue weighted by Crippen LogP contribution is 2.34. The Morgan fingerprint density at radius 1 is 1.19 bits per heavy atom. The fraction of sp³-hybridized carbons (Fsp3) is 0.609. The molecule has 0 unspecified atom stereocenters. The number of aliphatic hydroxyl groups is 1. The molecule has 2 rings (SSSR count). The van der Waals surface area contributed by atoms with Crippen molar-refractivity contribution in [2.45, 2.75) is 63.5 Å². The van der Waals surface area contributed by atoms with Crippen molar-refractivity contribution in [2.24, 2.45) is 0 Å². The Morgan fingerprint density at radius 2 is 1.85 bits per heavy atom. The zero-order chi connectivity index (χ0) is 19.6. The zero-order valence-electron chi connectivity index (χ0n) is 16.9. The molecule has 1 saturated carbocycles. The molecule has 0 heterocycles. The van der Waals surface area contributed by atoms with Crippen molar-refractivity contribution >= 4 is 5.91 Å². The van der Waals surface area contributed by atoms with E-state index in [1.54, 1.807) is 0 Å². The second-order valence-corrected chi connectivity index (χ2v) is 7.77. The average molecular weight is 371 g/mol. The van der Waals surface area contributed by atoms with Crippen LogP contribution in [0.25, 0.3) is 0 Å². The molecule has 0 aliphatic heterocycles. The van der Waals surface area contributed by atoms with Crippen LogP contribution in [0.15, 0.2) is 24.3 Å². The van der Waals surface area contributed by atoms with Crippen LogP contribution in [0.2, 0.25) is 0 Å². The standard InChI is InChI=1S/C23H34N2O2/c1-4-5-7-23(27)25(3)22-14-12-21(13-15-22)20-10-8-19(9-11-20)18-24(2)16-6-17-26/h1,8-11,21-22,26H,5-7,12-18H2,2-3H3/t21-,22-. The summed E-state index contributed by atoms with van der Waals surface area (Å²) in [5.74, 6) is 3.32. The molecule has 1 aromatic rings. The molecule has 0 spiro atoms. The monoisotopic (exact) mass is 370 g/mol. The first-order valence-electron chi connectivity index (χ1n) is 10.1. The van der Waals surface area contributed by atoms with Crippen LogP contribution in [0, 0.1) is 12.3 Å². The van der Waals surface area contributed by atoms with E-state index in [1.165, 1.54) is 11.1 Å². The van der Waals surface area contributed by atoms with Gasteiger partial charge in [0.2, 0.25) is 5.91 Å². The van der Waals surface area contributed by atoms with Gasteiger partial charge in [0.1, 0.15) is 0 Å². The van der Waals surface area contributed by atoms with Crippen LogP contribution >= 0.6 is 0 Å². The maximum absolute atomic E-state index is 12.2. The van der Waals surface area contributed by atoms with E-state index in [0.717, 1.165) is 45.2 Å². The summed E-state index contributed by atoms with van der Waals surface area (Å²) < 4.78 is 0. The Labute approximate surface area is 164 Å². The van der Waals surface area contributed by atoms with E-state index in [9.17, 15) is 4.79 Å². The van der Waals surface area contributed by atoms with E-state index in [0.29, 0.717) is 24.8 Å². The van der Waals surface area contributed by atoms with Gasteiger partial charge in [0.05, 0.1) is 0 Å². The van der Waals surface area contributed by atoms with E-state index in [4.69, 9.17) is 11.5 Å². The Balaban J connectivity index is 1.82. The van der Waals surface area contributed by atoms with Gasteiger partial charge in [0.25, 0.3) is 0 Å². The van der Waals surface area contributed by atoms with Gasteiger partial charge < -0.3 is 14.9 Å². The maximum Gasteiger partial charge on any atom is 0.223 e. The van der Waals surface area contributed by atoms with Gasteiger partial charge in [-0.15, -0.1) is 12.3 Å². The summed E-state index contributed by atoms with van der Waals surface area (Å²) in [4.78, 5) is 16.3. The molecule has 1 aliphatic carbocycles. The van der Waals surface area contributed by atoms with Gasteiger partial charge in [-0.3, -0.25) is 4.79 Å². The van der Waals surface area contributed by atoms with Crippen LogP contribution in [0.1, 0.15) is 62.0 Å². The molecule has 0 radical (unpaired) electrons. The largest absolute Gasteiger partial charge is 0.396 e. The maximum atomic E-state index is 12.2. The molecule has 1 amide bonds. The first kappa shape index (κ1) is 21.5. The lowest BCUT2D eigenvalue weighted by molar-refractivity contribution is -0.132. The number of hydrogen-bond acceptors (Lipinski definition) is 3. The van der Waals surface area contributed by atoms with Crippen molar-refractivity contribution in [3.63, 3.8) is 0 Å². The van der Waals surface area contributed by atoms with E-state index in [-0.39, 0.29) is 12.5 Å². The molecule has 1 N–H and O–H groups in total. The number of rotatable bonds is 9. The van der Waals surface area contributed by atoms with E-state index in [1.807, 2.05) is 11.9 Å². The van der Waals surface area contributed by atoms with Crippen molar-refractivity contribution in [2.75, 3.05) is 27.2 Å². The third-order valence-corrected chi connectivity index (χ3v) is 5.72. The average Bonchev–Trinajstić information content (AvgIpc) is 2.70. The van der Waals surface area contributed by atoms with Gasteiger partial charge in [0.15, 0.2) is 0 Å². The molecular weight excluding hydrogens is 336 g/mol. The topological polar surface area (TPSA) is 43.8 Å². The summed E-state index contributed by atoms with van der Waals surface area (Å²) >= 11 is 0. The molecule has 1 aliphatic rings. The Hall–Kier alpha value is -1.83. The minimum absolute atomic E-state index is 0.172. The minimum atomic E-state index is 0.172. The van der Waals surface area contributed by atoms with Gasteiger partial charge in [-0.25, -0.2) is 0 Å². The number of terminal acetylenes is 1. The summed E-state index contributed by atoms with van der Waals surface area (Å²) in [6.07, 6.45) is 11.5. The lowest BCUT2D eigenvalue weighted by atomic mass is 9.81. The zero-order valence-corrected chi connectivity index (χ0v) is 16.9. The highest BCUT2D eigenvalue weighted by atomic mass is 16.3. The lowest BCUT2D eigenvalue weighted by Gasteiger charge is -2.35. The smallest absolute Gasteiger partial charge is 0.223 e. The predicted molar refractivity (Wildman–Crippen MR) is 110 cm³/mol. The summed E-state index contributed by atoms with van der Waals surface area (Å²) in [7, 11) is 4.01. The van der Waals surface area contributed by atoms with Crippen LogP contribution in [0.3, 0.4) is 0 Å². The fourth-order valence-corrected chi connectivity index (χ4v) is 3.98. The third-order valence-electron chi connectivity index (χ3n) is 5.72. The molecule has 4 nitrogen and oxygen atoms in total. The quantitative estimate of drug-likeness (QED) is 0.678. The molecule has 0 bridgehead atoms.